The van der Waals surface area contributed by atoms with Gasteiger partial charge in [0.25, 0.3) is 0 Å². The van der Waals surface area contributed by atoms with Gasteiger partial charge >= 0.3 is 0 Å². The van der Waals surface area contributed by atoms with E-state index < -0.39 is 0 Å². The van der Waals surface area contributed by atoms with E-state index >= 15 is 0 Å². The third-order valence-corrected chi connectivity index (χ3v) is 4.79. The summed E-state index contributed by atoms with van der Waals surface area (Å²) in [5.74, 6) is 1.68. The van der Waals surface area contributed by atoms with E-state index in [0.29, 0.717) is 18.6 Å². The maximum absolute atomic E-state index is 9.16. The smallest absolute Gasteiger partial charge is 0.0471 e. The molecule has 1 aromatic rings. The Morgan fingerprint density at radius 1 is 1.39 bits per heavy atom. The fourth-order valence-corrected chi connectivity index (χ4v) is 3.50. The molecule has 2 atom stereocenters. The molecule has 0 spiro atoms. The van der Waals surface area contributed by atoms with Gasteiger partial charge in [0.05, 0.1) is 0 Å². The molecule has 1 aliphatic heterocycles. The Bertz CT molecular complexity index is 344. The quantitative estimate of drug-likeness (QED) is 0.800. The second-order valence-electron chi connectivity index (χ2n) is 5.13. The number of likely N-dealkylation sites (tertiary alicyclic amines) is 1. The Balaban J connectivity index is 1.68. The first-order valence-electron chi connectivity index (χ1n) is 6.82. The highest BCUT2D eigenvalue weighted by atomic mass is 32.2. The average Bonchev–Trinajstić information content (AvgIpc) is 2.89. The van der Waals surface area contributed by atoms with Crippen molar-refractivity contribution in [2.75, 3.05) is 25.4 Å². The Labute approximate surface area is 114 Å². The van der Waals surface area contributed by atoms with Crippen LogP contribution in [0, 0.1) is 5.92 Å². The summed E-state index contributed by atoms with van der Waals surface area (Å²) in [6, 6.07) is 11.2. The lowest BCUT2D eigenvalue weighted by Crippen LogP contribution is -2.31. The van der Waals surface area contributed by atoms with Crippen LogP contribution in [-0.4, -0.2) is 41.5 Å². The van der Waals surface area contributed by atoms with Crippen molar-refractivity contribution >= 4 is 11.8 Å². The van der Waals surface area contributed by atoms with Gasteiger partial charge in [-0.3, -0.25) is 0 Å². The molecule has 0 saturated carbocycles. The number of aliphatic hydroxyl groups is 1. The Morgan fingerprint density at radius 3 is 2.83 bits per heavy atom. The highest BCUT2D eigenvalue weighted by Crippen LogP contribution is 2.23. The highest BCUT2D eigenvalue weighted by Gasteiger charge is 2.24. The number of aliphatic hydroxyl groups excluding tert-OH is 1. The lowest BCUT2D eigenvalue weighted by atomic mass is 10.1. The van der Waals surface area contributed by atoms with E-state index in [-0.39, 0.29) is 0 Å². The predicted octanol–water partition coefficient (Wildman–Crippen LogP) is 2.87. The van der Waals surface area contributed by atoms with Gasteiger partial charge in [-0.05, 0) is 50.1 Å². The van der Waals surface area contributed by atoms with E-state index in [4.69, 9.17) is 5.11 Å². The van der Waals surface area contributed by atoms with Gasteiger partial charge in [0.2, 0.25) is 0 Å². The molecular weight excluding hydrogens is 242 g/mol. The fraction of sp³-hybridized carbons (Fsp3) is 0.600. The largest absolute Gasteiger partial charge is 0.396 e. The van der Waals surface area contributed by atoms with Crippen molar-refractivity contribution in [1.82, 2.24) is 4.90 Å². The SMILES string of the molecule is C[C@H](CCSc1ccccc1)N1CC[C@H](CO)C1. The molecule has 1 saturated heterocycles. The number of thioether (sulfide) groups is 1. The van der Waals surface area contributed by atoms with Gasteiger partial charge in [0.15, 0.2) is 0 Å². The second-order valence-corrected chi connectivity index (χ2v) is 6.30. The molecule has 0 unspecified atom stereocenters. The van der Waals surface area contributed by atoms with E-state index in [1.807, 2.05) is 11.8 Å². The molecule has 100 valence electrons. The Morgan fingerprint density at radius 2 is 2.17 bits per heavy atom. The van der Waals surface area contributed by atoms with Gasteiger partial charge in [-0.1, -0.05) is 18.2 Å². The minimum absolute atomic E-state index is 0.349. The Hall–Kier alpha value is -0.510. The first-order valence-corrected chi connectivity index (χ1v) is 7.81. The van der Waals surface area contributed by atoms with Crippen molar-refractivity contribution in [2.45, 2.75) is 30.7 Å². The van der Waals surface area contributed by atoms with E-state index in [1.54, 1.807) is 0 Å². The van der Waals surface area contributed by atoms with E-state index in [0.717, 1.165) is 19.5 Å². The zero-order chi connectivity index (χ0) is 12.8. The summed E-state index contributed by atoms with van der Waals surface area (Å²) in [4.78, 5) is 3.88. The molecule has 1 heterocycles. The third kappa shape index (κ3) is 4.01. The lowest BCUT2D eigenvalue weighted by Gasteiger charge is -2.24. The highest BCUT2D eigenvalue weighted by molar-refractivity contribution is 7.99. The molecule has 0 amide bonds. The number of hydrogen-bond donors (Lipinski definition) is 1. The van der Waals surface area contributed by atoms with E-state index in [9.17, 15) is 0 Å². The van der Waals surface area contributed by atoms with Crippen LogP contribution in [0.1, 0.15) is 19.8 Å². The molecule has 1 N–H and O–H groups in total. The van der Waals surface area contributed by atoms with Crippen molar-refractivity contribution in [3.63, 3.8) is 0 Å². The van der Waals surface area contributed by atoms with Gasteiger partial charge in [0.1, 0.15) is 0 Å². The number of nitrogens with zero attached hydrogens (tertiary/aromatic N) is 1. The molecule has 0 radical (unpaired) electrons. The normalized spacial score (nSPS) is 22.2. The van der Waals surface area contributed by atoms with Gasteiger partial charge in [0, 0.05) is 24.1 Å². The summed E-state index contributed by atoms with van der Waals surface area (Å²) in [6.45, 7) is 4.89. The predicted molar refractivity (Wildman–Crippen MR) is 78.0 cm³/mol. The molecule has 3 heteroatoms. The fourth-order valence-electron chi connectivity index (χ4n) is 2.46. The molecule has 2 rings (SSSR count). The summed E-state index contributed by atoms with van der Waals surface area (Å²) in [6.07, 6.45) is 2.38. The van der Waals surface area contributed by atoms with Gasteiger partial charge in [-0.15, -0.1) is 11.8 Å². The molecule has 0 bridgehead atoms. The maximum Gasteiger partial charge on any atom is 0.0471 e. The molecule has 1 aromatic carbocycles. The van der Waals surface area contributed by atoms with Crippen molar-refractivity contribution in [2.24, 2.45) is 5.92 Å². The van der Waals surface area contributed by atoms with Crippen LogP contribution in [0.2, 0.25) is 0 Å². The number of hydrogen-bond acceptors (Lipinski definition) is 3. The summed E-state index contributed by atoms with van der Waals surface area (Å²) >= 11 is 1.94. The van der Waals surface area contributed by atoms with Crippen LogP contribution < -0.4 is 0 Å². The molecule has 0 aliphatic carbocycles. The van der Waals surface area contributed by atoms with Gasteiger partial charge < -0.3 is 10.0 Å². The zero-order valence-corrected chi connectivity index (χ0v) is 11.9. The first-order chi connectivity index (χ1) is 8.79. The number of rotatable bonds is 6. The first kappa shape index (κ1) is 13.9. The molecule has 0 aromatic heterocycles. The third-order valence-electron chi connectivity index (χ3n) is 3.75. The molecule has 1 fully saturated rings. The van der Waals surface area contributed by atoms with Crippen molar-refractivity contribution in [1.29, 1.82) is 0 Å². The van der Waals surface area contributed by atoms with Crippen molar-refractivity contribution in [3.8, 4) is 0 Å². The van der Waals surface area contributed by atoms with Crippen LogP contribution in [0.4, 0.5) is 0 Å². The summed E-state index contributed by atoms with van der Waals surface area (Å²) < 4.78 is 0. The summed E-state index contributed by atoms with van der Waals surface area (Å²) in [5, 5.41) is 9.16. The van der Waals surface area contributed by atoms with Crippen molar-refractivity contribution < 1.29 is 5.11 Å². The van der Waals surface area contributed by atoms with Crippen LogP contribution in [0.25, 0.3) is 0 Å². The van der Waals surface area contributed by atoms with E-state index in [1.165, 1.54) is 17.1 Å². The van der Waals surface area contributed by atoms with Gasteiger partial charge in [-0.25, -0.2) is 0 Å². The minimum Gasteiger partial charge on any atom is -0.396 e. The average molecular weight is 265 g/mol. The summed E-state index contributed by atoms with van der Waals surface area (Å²) in [5.41, 5.74) is 0. The standard InChI is InChI=1S/C15H23NOS/c1-13(16-9-7-14(11-16)12-17)8-10-18-15-5-3-2-4-6-15/h2-6,13-14,17H,7-12H2,1H3/t13-,14+/m1/s1. The monoisotopic (exact) mass is 265 g/mol. The van der Waals surface area contributed by atoms with Crippen LogP contribution in [0.5, 0.6) is 0 Å². The van der Waals surface area contributed by atoms with Crippen LogP contribution in [0.15, 0.2) is 35.2 Å². The Kier molecular flexibility index (Phi) is 5.54. The van der Waals surface area contributed by atoms with Crippen LogP contribution in [-0.2, 0) is 0 Å². The maximum atomic E-state index is 9.16. The minimum atomic E-state index is 0.349. The zero-order valence-electron chi connectivity index (χ0n) is 11.1. The van der Waals surface area contributed by atoms with Crippen molar-refractivity contribution in [3.05, 3.63) is 30.3 Å². The van der Waals surface area contributed by atoms with Crippen LogP contribution in [0.3, 0.4) is 0 Å². The molecule has 2 nitrogen and oxygen atoms in total. The summed E-state index contributed by atoms with van der Waals surface area (Å²) in [7, 11) is 0. The second kappa shape index (κ2) is 7.17. The van der Waals surface area contributed by atoms with E-state index in [2.05, 4.69) is 42.2 Å². The van der Waals surface area contributed by atoms with Gasteiger partial charge in [-0.2, -0.15) is 0 Å². The number of benzene rings is 1. The van der Waals surface area contributed by atoms with Crippen LogP contribution >= 0.6 is 11.8 Å². The lowest BCUT2D eigenvalue weighted by molar-refractivity contribution is 0.202. The molecule has 18 heavy (non-hydrogen) atoms. The molecular formula is C15H23NOS. The topological polar surface area (TPSA) is 23.5 Å². The molecule has 1 aliphatic rings.